The molecule has 2 N–H and O–H groups in total. The Morgan fingerprint density at radius 3 is 2.59 bits per heavy atom. The summed E-state index contributed by atoms with van der Waals surface area (Å²) in [6.45, 7) is 6.12. The van der Waals surface area contributed by atoms with Crippen LogP contribution in [-0.2, 0) is 5.41 Å². The van der Waals surface area contributed by atoms with Gasteiger partial charge in [-0.15, -0.1) is 0 Å². The van der Waals surface area contributed by atoms with E-state index in [-0.39, 0.29) is 23.2 Å². The highest BCUT2D eigenvalue weighted by molar-refractivity contribution is 5.83. The van der Waals surface area contributed by atoms with Crippen molar-refractivity contribution in [2.45, 2.75) is 38.1 Å². The van der Waals surface area contributed by atoms with Crippen molar-refractivity contribution >= 4 is 16.8 Å². The van der Waals surface area contributed by atoms with Crippen molar-refractivity contribution in [1.82, 2.24) is 25.0 Å². The first-order valence-corrected chi connectivity index (χ1v) is 10.1. The number of rotatable bonds is 4. The zero-order valence-corrected chi connectivity index (χ0v) is 16.9. The molecule has 29 heavy (non-hydrogen) atoms. The Balaban J connectivity index is 1.35. The molecule has 0 spiro atoms. The number of nitrogens with one attached hydrogen (secondary N) is 2. The number of benzene rings is 2. The molecule has 1 aliphatic heterocycles. The summed E-state index contributed by atoms with van der Waals surface area (Å²) in [4.78, 5) is 26.2. The standard InChI is InChI=1S/C22H27N5O2/c1-22(2,18-8-7-16-5-3-4-6-17(16)13-18)14-23-20(28)26-11-9-19(10-12-26)27-15-24-25-21(27)29/h3-8,13,15,19H,9-12,14H2,1-2H3,(H,23,28)(H,25,29). The smallest absolute Gasteiger partial charge is 0.337 e. The molecule has 2 heterocycles. The van der Waals surface area contributed by atoms with E-state index in [9.17, 15) is 9.59 Å². The summed E-state index contributed by atoms with van der Waals surface area (Å²) in [5.41, 5.74) is 0.835. The Hall–Kier alpha value is -3.09. The van der Waals surface area contributed by atoms with E-state index >= 15 is 0 Å². The average molecular weight is 393 g/mol. The minimum atomic E-state index is -0.190. The van der Waals surface area contributed by atoms with Gasteiger partial charge < -0.3 is 10.2 Å². The lowest BCUT2D eigenvalue weighted by Crippen LogP contribution is -2.48. The van der Waals surface area contributed by atoms with Gasteiger partial charge >= 0.3 is 11.7 Å². The third-order valence-electron chi connectivity index (χ3n) is 5.93. The number of aromatic nitrogens is 3. The number of aromatic amines is 1. The van der Waals surface area contributed by atoms with E-state index in [0.717, 1.165) is 12.8 Å². The lowest BCUT2D eigenvalue weighted by Gasteiger charge is -2.33. The zero-order valence-electron chi connectivity index (χ0n) is 16.9. The van der Waals surface area contributed by atoms with Crippen LogP contribution in [0.2, 0.25) is 0 Å². The van der Waals surface area contributed by atoms with Crippen molar-refractivity contribution in [3.63, 3.8) is 0 Å². The van der Waals surface area contributed by atoms with E-state index in [1.54, 1.807) is 4.57 Å². The van der Waals surface area contributed by atoms with Gasteiger partial charge in [-0.1, -0.05) is 56.3 Å². The van der Waals surface area contributed by atoms with Gasteiger partial charge in [0, 0.05) is 31.1 Å². The highest BCUT2D eigenvalue weighted by Gasteiger charge is 2.27. The van der Waals surface area contributed by atoms with Crippen LogP contribution in [0, 0.1) is 0 Å². The van der Waals surface area contributed by atoms with E-state index in [1.165, 1.54) is 22.7 Å². The van der Waals surface area contributed by atoms with Crippen LogP contribution in [0.4, 0.5) is 4.79 Å². The molecule has 3 aromatic rings. The van der Waals surface area contributed by atoms with Gasteiger partial charge in [0.1, 0.15) is 6.33 Å². The normalized spacial score (nSPS) is 15.6. The minimum absolute atomic E-state index is 0.0446. The molecule has 7 nitrogen and oxygen atoms in total. The first-order chi connectivity index (χ1) is 13.9. The SMILES string of the molecule is CC(C)(CNC(=O)N1CCC(n2cn[nH]c2=O)CC1)c1ccc2ccccc2c1. The maximum absolute atomic E-state index is 12.7. The van der Waals surface area contributed by atoms with E-state index in [1.807, 2.05) is 17.0 Å². The second kappa shape index (κ2) is 7.73. The van der Waals surface area contributed by atoms with Gasteiger partial charge in [-0.25, -0.2) is 14.7 Å². The lowest BCUT2D eigenvalue weighted by atomic mass is 9.83. The summed E-state index contributed by atoms with van der Waals surface area (Å²) in [7, 11) is 0. The van der Waals surface area contributed by atoms with Crippen LogP contribution in [0.5, 0.6) is 0 Å². The number of hydrogen-bond acceptors (Lipinski definition) is 3. The van der Waals surface area contributed by atoms with Crippen molar-refractivity contribution in [2.24, 2.45) is 0 Å². The summed E-state index contributed by atoms with van der Waals surface area (Å²) in [6, 6.07) is 14.8. The Labute approximate surface area is 169 Å². The summed E-state index contributed by atoms with van der Waals surface area (Å²) < 4.78 is 1.62. The van der Waals surface area contributed by atoms with Crippen LogP contribution in [-0.4, -0.2) is 45.3 Å². The van der Waals surface area contributed by atoms with Crippen LogP contribution in [0.3, 0.4) is 0 Å². The van der Waals surface area contributed by atoms with Crippen LogP contribution in [0.25, 0.3) is 10.8 Å². The Kier molecular flexibility index (Phi) is 5.13. The second-order valence-corrected chi connectivity index (χ2v) is 8.39. The van der Waals surface area contributed by atoms with E-state index in [0.29, 0.717) is 19.6 Å². The Morgan fingerprint density at radius 2 is 1.90 bits per heavy atom. The molecule has 152 valence electrons. The third-order valence-corrected chi connectivity index (χ3v) is 5.93. The molecule has 7 heteroatoms. The molecule has 1 fully saturated rings. The zero-order chi connectivity index (χ0) is 20.4. The fraction of sp³-hybridized carbons (Fsp3) is 0.409. The van der Waals surface area contributed by atoms with Gasteiger partial charge in [-0.2, -0.15) is 5.10 Å². The highest BCUT2D eigenvalue weighted by Crippen LogP contribution is 2.26. The molecule has 4 rings (SSSR count). The van der Waals surface area contributed by atoms with Crippen molar-refractivity contribution < 1.29 is 4.79 Å². The first kappa shape index (κ1) is 19.2. The van der Waals surface area contributed by atoms with Crippen molar-refractivity contribution in [3.05, 3.63) is 64.8 Å². The predicted octanol–water partition coefficient (Wildman–Crippen LogP) is 3.05. The number of piperidine rings is 1. The van der Waals surface area contributed by atoms with Gasteiger partial charge in [0.25, 0.3) is 0 Å². The molecule has 0 bridgehead atoms. The molecule has 0 unspecified atom stereocenters. The van der Waals surface area contributed by atoms with Gasteiger partial charge in [0.05, 0.1) is 0 Å². The van der Waals surface area contributed by atoms with Gasteiger partial charge in [0.15, 0.2) is 0 Å². The molecule has 0 radical (unpaired) electrons. The number of nitrogens with zero attached hydrogens (tertiary/aromatic N) is 3. The highest BCUT2D eigenvalue weighted by atomic mass is 16.2. The molecular formula is C22H27N5O2. The topological polar surface area (TPSA) is 83.0 Å². The number of likely N-dealkylation sites (tertiary alicyclic amines) is 1. The lowest BCUT2D eigenvalue weighted by molar-refractivity contribution is 0.169. The largest absolute Gasteiger partial charge is 0.343 e. The fourth-order valence-electron chi connectivity index (χ4n) is 3.98. The molecular weight excluding hydrogens is 366 g/mol. The van der Waals surface area contributed by atoms with Crippen LogP contribution >= 0.6 is 0 Å². The molecule has 0 aliphatic carbocycles. The van der Waals surface area contributed by atoms with Gasteiger partial charge in [0.2, 0.25) is 0 Å². The van der Waals surface area contributed by atoms with Crippen LogP contribution in [0.15, 0.2) is 53.6 Å². The third kappa shape index (κ3) is 4.04. The summed E-state index contributed by atoms with van der Waals surface area (Å²) >= 11 is 0. The second-order valence-electron chi connectivity index (χ2n) is 8.39. The quantitative estimate of drug-likeness (QED) is 0.715. The van der Waals surface area contributed by atoms with Crippen molar-refractivity contribution in [3.8, 4) is 0 Å². The monoisotopic (exact) mass is 393 g/mol. The molecule has 1 saturated heterocycles. The minimum Gasteiger partial charge on any atom is -0.337 e. The molecule has 0 saturated carbocycles. The number of hydrogen-bond donors (Lipinski definition) is 2. The van der Waals surface area contributed by atoms with Crippen molar-refractivity contribution in [1.29, 1.82) is 0 Å². The maximum Gasteiger partial charge on any atom is 0.343 e. The van der Waals surface area contributed by atoms with Crippen LogP contribution in [0.1, 0.15) is 38.3 Å². The Morgan fingerprint density at radius 1 is 1.17 bits per heavy atom. The Bertz CT molecular complexity index is 1060. The summed E-state index contributed by atoms with van der Waals surface area (Å²) in [5, 5.41) is 11.7. The predicted molar refractivity (Wildman–Crippen MR) is 113 cm³/mol. The number of amides is 2. The molecule has 1 aliphatic rings. The van der Waals surface area contributed by atoms with Crippen LogP contribution < -0.4 is 11.0 Å². The number of urea groups is 1. The first-order valence-electron chi connectivity index (χ1n) is 10.1. The average Bonchev–Trinajstić information content (AvgIpc) is 3.17. The number of H-pyrrole nitrogens is 1. The molecule has 1 aromatic heterocycles. The fourth-order valence-corrected chi connectivity index (χ4v) is 3.98. The summed E-state index contributed by atoms with van der Waals surface area (Å²) in [5.74, 6) is 0. The summed E-state index contributed by atoms with van der Waals surface area (Å²) in [6.07, 6.45) is 3.04. The maximum atomic E-state index is 12.7. The van der Waals surface area contributed by atoms with Gasteiger partial charge in [-0.3, -0.25) is 4.57 Å². The number of fused-ring (bicyclic) bond motifs is 1. The molecule has 2 amide bonds. The van der Waals surface area contributed by atoms with E-state index < -0.39 is 0 Å². The number of carbonyl (C=O) groups is 1. The van der Waals surface area contributed by atoms with E-state index in [2.05, 4.69) is 59.7 Å². The molecule has 2 aromatic carbocycles. The van der Waals surface area contributed by atoms with E-state index in [4.69, 9.17) is 0 Å². The van der Waals surface area contributed by atoms with Gasteiger partial charge in [-0.05, 0) is 29.2 Å². The molecule has 0 atom stereocenters. The number of carbonyl (C=O) groups excluding carboxylic acids is 1. The van der Waals surface area contributed by atoms with Crippen molar-refractivity contribution in [2.75, 3.05) is 19.6 Å².